The van der Waals surface area contributed by atoms with Crippen LogP contribution in [0.3, 0.4) is 0 Å². The van der Waals surface area contributed by atoms with Crippen molar-refractivity contribution in [2.24, 2.45) is 0 Å². The molecule has 0 aromatic heterocycles. The number of anilines is 2. The third kappa shape index (κ3) is 3.75. The maximum absolute atomic E-state index is 11.8. The van der Waals surface area contributed by atoms with Crippen molar-refractivity contribution in [3.05, 3.63) is 53.6 Å². The summed E-state index contributed by atoms with van der Waals surface area (Å²) in [5.74, 6) is 0.477. The van der Waals surface area contributed by atoms with Crippen LogP contribution in [0.4, 0.5) is 11.4 Å². The van der Waals surface area contributed by atoms with E-state index < -0.39 is 0 Å². The highest BCUT2D eigenvalue weighted by Crippen LogP contribution is 2.20. The van der Waals surface area contributed by atoms with Crippen LogP contribution in [0, 0.1) is 13.8 Å². The molecule has 2 rings (SSSR count). The van der Waals surface area contributed by atoms with E-state index in [-0.39, 0.29) is 12.5 Å². The number of amides is 1. The number of aryl methyl sites for hydroxylation is 2. The van der Waals surface area contributed by atoms with Crippen molar-refractivity contribution in [2.75, 3.05) is 17.7 Å². The van der Waals surface area contributed by atoms with Gasteiger partial charge in [-0.25, -0.2) is 0 Å². The van der Waals surface area contributed by atoms with E-state index in [1.165, 1.54) is 0 Å². The van der Waals surface area contributed by atoms with Crippen molar-refractivity contribution in [3.63, 3.8) is 0 Å². The lowest BCUT2D eigenvalue weighted by atomic mass is 10.2. The summed E-state index contributed by atoms with van der Waals surface area (Å²) in [6, 6.07) is 13.0. The maximum atomic E-state index is 11.8. The van der Waals surface area contributed by atoms with Crippen molar-refractivity contribution in [1.82, 2.24) is 0 Å². The summed E-state index contributed by atoms with van der Waals surface area (Å²) in [6.07, 6.45) is 0. The van der Waals surface area contributed by atoms with Crippen LogP contribution in [0.15, 0.2) is 42.5 Å². The zero-order valence-corrected chi connectivity index (χ0v) is 11.6. The molecule has 4 heteroatoms. The average Bonchev–Trinajstić information content (AvgIpc) is 2.37. The molecule has 0 unspecified atom stereocenters. The fraction of sp³-hybridized carbons (Fsp3) is 0.188. The molecule has 104 valence electrons. The molecule has 0 saturated heterocycles. The van der Waals surface area contributed by atoms with Crippen LogP contribution in [-0.2, 0) is 4.79 Å². The van der Waals surface area contributed by atoms with Crippen molar-refractivity contribution in [2.45, 2.75) is 13.8 Å². The summed E-state index contributed by atoms with van der Waals surface area (Å²) in [6.45, 7) is 3.84. The largest absolute Gasteiger partial charge is 0.483 e. The number of hydrogen-bond donors (Lipinski definition) is 2. The Morgan fingerprint density at radius 3 is 2.70 bits per heavy atom. The van der Waals surface area contributed by atoms with E-state index in [1.54, 1.807) is 12.1 Å². The molecule has 2 aromatic carbocycles. The predicted octanol–water partition coefficient (Wildman–Crippen LogP) is 2.90. The van der Waals surface area contributed by atoms with Gasteiger partial charge in [-0.1, -0.05) is 12.1 Å². The molecular formula is C16H18N2O2. The summed E-state index contributed by atoms with van der Waals surface area (Å²) in [4.78, 5) is 11.8. The van der Waals surface area contributed by atoms with Crippen LogP contribution < -0.4 is 15.8 Å². The quantitative estimate of drug-likeness (QED) is 0.840. The highest BCUT2D eigenvalue weighted by atomic mass is 16.5. The molecule has 2 aromatic rings. The molecule has 3 N–H and O–H groups in total. The molecule has 0 saturated carbocycles. The average molecular weight is 270 g/mol. The predicted molar refractivity (Wildman–Crippen MR) is 80.9 cm³/mol. The summed E-state index contributed by atoms with van der Waals surface area (Å²) < 4.78 is 5.49. The van der Waals surface area contributed by atoms with Crippen LogP contribution in [0.2, 0.25) is 0 Å². The van der Waals surface area contributed by atoms with Gasteiger partial charge in [-0.2, -0.15) is 0 Å². The number of carbonyl (C=O) groups excluding carboxylic acids is 1. The minimum Gasteiger partial charge on any atom is -0.483 e. The van der Waals surface area contributed by atoms with Gasteiger partial charge in [0.1, 0.15) is 5.75 Å². The van der Waals surface area contributed by atoms with Gasteiger partial charge in [0.15, 0.2) is 6.61 Å². The van der Waals surface area contributed by atoms with E-state index in [1.807, 2.05) is 44.2 Å². The minimum absolute atomic E-state index is 0.0291. The second-order valence-electron chi connectivity index (χ2n) is 4.73. The number of nitrogen functional groups attached to an aromatic ring is 1. The molecule has 0 spiro atoms. The molecule has 0 aliphatic carbocycles. The van der Waals surface area contributed by atoms with E-state index in [0.717, 1.165) is 16.8 Å². The van der Waals surface area contributed by atoms with E-state index in [0.29, 0.717) is 11.4 Å². The number of rotatable bonds is 4. The Hall–Kier alpha value is -2.49. The molecule has 0 aliphatic rings. The summed E-state index contributed by atoms with van der Waals surface area (Å²) in [5.41, 5.74) is 9.12. The topological polar surface area (TPSA) is 64.3 Å². The Bertz CT molecular complexity index is 624. The third-order valence-corrected chi connectivity index (χ3v) is 2.86. The number of nitrogens with one attached hydrogen (secondary N) is 1. The Kier molecular flexibility index (Phi) is 4.25. The van der Waals surface area contributed by atoms with Crippen LogP contribution in [0.25, 0.3) is 0 Å². The molecule has 20 heavy (non-hydrogen) atoms. The zero-order valence-electron chi connectivity index (χ0n) is 11.6. The number of benzene rings is 2. The first kappa shape index (κ1) is 13.9. The number of ether oxygens (including phenoxy) is 1. The lowest BCUT2D eigenvalue weighted by molar-refractivity contribution is -0.118. The third-order valence-electron chi connectivity index (χ3n) is 2.86. The minimum atomic E-state index is -0.188. The van der Waals surface area contributed by atoms with E-state index in [2.05, 4.69) is 5.32 Å². The second kappa shape index (κ2) is 6.10. The van der Waals surface area contributed by atoms with Gasteiger partial charge in [0.05, 0.1) is 0 Å². The number of nitrogens with two attached hydrogens (primary N) is 1. The summed E-state index contributed by atoms with van der Waals surface area (Å²) in [5, 5.41) is 2.80. The first-order valence-electron chi connectivity index (χ1n) is 6.40. The van der Waals surface area contributed by atoms with Crippen LogP contribution in [0.5, 0.6) is 5.75 Å². The molecule has 0 heterocycles. The molecule has 1 amide bonds. The summed E-state index contributed by atoms with van der Waals surface area (Å²) in [7, 11) is 0. The molecule has 0 aliphatic heterocycles. The smallest absolute Gasteiger partial charge is 0.262 e. The first-order valence-corrected chi connectivity index (χ1v) is 6.40. The van der Waals surface area contributed by atoms with Crippen LogP contribution >= 0.6 is 0 Å². The van der Waals surface area contributed by atoms with Crippen molar-refractivity contribution in [3.8, 4) is 5.75 Å². The highest BCUT2D eigenvalue weighted by Gasteiger charge is 2.05. The van der Waals surface area contributed by atoms with E-state index >= 15 is 0 Å². The molecule has 0 radical (unpaired) electrons. The van der Waals surface area contributed by atoms with E-state index in [4.69, 9.17) is 10.5 Å². The van der Waals surface area contributed by atoms with Crippen molar-refractivity contribution in [1.29, 1.82) is 0 Å². The van der Waals surface area contributed by atoms with Crippen molar-refractivity contribution < 1.29 is 9.53 Å². The molecule has 0 fully saturated rings. The Morgan fingerprint density at radius 1 is 1.20 bits per heavy atom. The van der Waals surface area contributed by atoms with Crippen molar-refractivity contribution >= 4 is 17.3 Å². The Balaban J connectivity index is 1.92. The maximum Gasteiger partial charge on any atom is 0.262 e. The van der Waals surface area contributed by atoms with E-state index in [9.17, 15) is 4.79 Å². The van der Waals surface area contributed by atoms with Gasteiger partial charge < -0.3 is 15.8 Å². The summed E-state index contributed by atoms with van der Waals surface area (Å²) >= 11 is 0. The van der Waals surface area contributed by atoms with Gasteiger partial charge >= 0.3 is 0 Å². The van der Waals surface area contributed by atoms with Gasteiger partial charge in [-0.05, 0) is 55.3 Å². The molecule has 0 bridgehead atoms. The van der Waals surface area contributed by atoms with Gasteiger partial charge in [0.25, 0.3) is 5.91 Å². The molecule has 0 atom stereocenters. The van der Waals surface area contributed by atoms with Gasteiger partial charge in [-0.3, -0.25) is 4.79 Å². The standard InChI is InChI=1S/C16H18N2O2/c1-11-4-3-5-14(8-11)18-16(19)10-20-15-7-6-13(17)9-12(15)2/h3-9H,10,17H2,1-2H3,(H,18,19). The Labute approximate surface area is 118 Å². The fourth-order valence-corrected chi connectivity index (χ4v) is 1.90. The molecule has 4 nitrogen and oxygen atoms in total. The lowest BCUT2D eigenvalue weighted by Gasteiger charge is -2.10. The molecular weight excluding hydrogens is 252 g/mol. The number of hydrogen-bond acceptors (Lipinski definition) is 3. The lowest BCUT2D eigenvalue weighted by Crippen LogP contribution is -2.20. The van der Waals surface area contributed by atoms with Gasteiger partial charge in [0, 0.05) is 11.4 Å². The normalized spacial score (nSPS) is 10.1. The van der Waals surface area contributed by atoms with Gasteiger partial charge in [-0.15, -0.1) is 0 Å². The zero-order chi connectivity index (χ0) is 14.5. The fourth-order valence-electron chi connectivity index (χ4n) is 1.90. The van der Waals surface area contributed by atoms with Gasteiger partial charge in [0.2, 0.25) is 0 Å². The SMILES string of the molecule is Cc1cccc(NC(=O)COc2ccc(N)cc2C)c1. The highest BCUT2D eigenvalue weighted by molar-refractivity contribution is 5.91. The van der Waals surface area contributed by atoms with Crippen LogP contribution in [0.1, 0.15) is 11.1 Å². The van der Waals surface area contributed by atoms with Crippen LogP contribution in [-0.4, -0.2) is 12.5 Å². The second-order valence-corrected chi connectivity index (χ2v) is 4.73. The Morgan fingerprint density at radius 2 is 2.00 bits per heavy atom. The number of carbonyl (C=O) groups is 1. The first-order chi connectivity index (χ1) is 9.54. The monoisotopic (exact) mass is 270 g/mol.